The standard InChI is InChI=1S/C20H22N4O/c1-2-17(23-19(25)9-8-15-10-12-21-13-11-15)20-22-14-18(24-20)16-6-4-3-5-7-16/h3-7,10-14,17H,2,8-9H2,1H3,(H,22,24)(H,23,25). The molecule has 0 saturated carbocycles. The fraction of sp³-hybridized carbons (Fsp3) is 0.250. The summed E-state index contributed by atoms with van der Waals surface area (Å²) in [6, 6.07) is 13.8. The molecule has 5 nitrogen and oxygen atoms in total. The van der Waals surface area contributed by atoms with Crippen LogP contribution in [0.4, 0.5) is 0 Å². The van der Waals surface area contributed by atoms with Crippen molar-refractivity contribution in [3.8, 4) is 11.3 Å². The van der Waals surface area contributed by atoms with Crippen molar-refractivity contribution in [1.82, 2.24) is 20.3 Å². The van der Waals surface area contributed by atoms with Gasteiger partial charge in [0.15, 0.2) is 0 Å². The van der Waals surface area contributed by atoms with Crippen LogP contribution in [-0.4, -0.2) is 20.9 Å². The lowest BCUT2D eigenvalue weighted by atomic mass is 10.1. The molecule has 2 heterocycles. The molecule has 1 atom stereocenters. The van der Waals surface area contributed by atoms with Crippen molar-refractivity contribution in [2.24, 2.45) is 0 Å². The van der Waals surface area contributed by atoms with Gasteiger partial charge in [-0.25, -0.2) is 4.98 Å². The lowest BCUT2D eigenvalue weighted by molar-refractivity contribution is -0.121. The first-order chi connectivity index (χ1) is 12.3. The number of aromatic amines is 1. The maximum absolute atomic E-state index is 12.3. The van der Waals surface area contributed by atoms with E-state index < -0.39 is 0 Å². The van der Waals surface area contributed by atoms with Crippen LogP contribution >= 0.6 is 0 Å². The molecule has 25 heavy (non-hydrogen) atoms. The summed E-state index contributed by atoms with van der Waals surface area (Å²) in [5.41, 5.74) is 3.16. The lowest BCUT2D eigenvalue weighted by Crippen LogP contribution is -2.29. The van der Waals surface area contributed by atoms with Crippen molar-refractivity contribution in [2.45, 2.75) is 32.2 Å². The average molecular weight is 334 g/mol. The highest BCUT2D eigenvalue weighted by Gasteiger charge is 2.16. The summed E-state index contributed by atoms with van der Waals surface area (Å²) in [5, 5.41) is 3.07. The first-order valence-corrected chi connectivity index (χ1v) is 8.55. The Kier molecular flexibility index (Phi) is 5.57. The van der Waals surface area contributed by atoms with Gasteiger partial charge in [-0.05, 0) is 36.1 Å². The van der Waals surface area contributed by atoms with Crippen molar-refractivity contribution in [2.75, 3.05) is 0 Å². The Labute approximate surface area is 147 Å². The van der Waals surface area contributed by atoms with Crippen LogP contribution in [0.5, 0.6) is 0 Å². The third kappa shape index (κ3) is 4.53. The molecule has 0 aliphatic heterocycles. The van der Waals surface area contributed by atoms with E-state index in [-0.39, 0.29) is 11.9 Å². The number of nitrogens with one attached hydrogen (secondary N) is 2. The summed E-state index contributed by atoms with van der Waals surface area (Å²) in [7, 11) is 0. The summed E-state index contributed by atoms with van der Waals surface area (Å²) in [4.78, 5) is 24.0. The summed E-state index contributed by atoms with van der Waals surface area (Å²) >= 11 is 0. The number of hydrogen-bond donors (Lipinski definition) is 2. The van der Waals surface area contributed by atoms with E-state index in [0.29, 0.717) is 12.8 Å². The number of carbonyl (C=O) groups is 1. The monoisotopic (exact) mass is 334 g/mol. The molecule has 1 amide bonds. The Morgan fingerprint density at radius 2 is 1.92 bits per heavy atom. The quantitative estimate of drug-likeness (QED) is 0.692. The maximum atomic E-state index is 12.3. The number of hydrogen-bond acceptors (Lipinski definition) is 3. The maximum Gasteiger partial charge on any atom is 0.220 e. The number of aromatic nitrogens is 3. The molecule has 1 unspecified atom stereocenters. The Balaban J connectivity index is 1.60. The Morgan fingerprint density at radius 3 is 2.64 bits per heavy atom. The molecule has 128 valence electrons. The summed E-state index contributed by atoms with van der Waals surface area (Å²) in [6.45, 7) is 2.04. The average Bonchev–Trinajstić information content (AvgIpc) is 3.16. The van der Waals surface area contributed by atoms with Crippen LogP contribution in [0.2, 0.25) is 0 Å². The number of benzene rings is 1. The number of aryl methyl sites for hydroxylation is 1. The van der Waals surface area contributed by atoms with Gasteiger partial charge in [-0.1, -0.05) is 37.3 Å². The number of amides is 1. The Hall–Kier alpha value is -2.95. The number of nitrogens with zero attached hydrogens (tertiary/aromatic N) is 2. The van der Waals surface area contributed by atoms with E-state index in [1.807, 2.05) is 55.6 Å². The van der Waals surface area contributed by atoms with Crippen LogP contribution in [0, 0.1) is 0 Å². The van der Waals surface area contributed by atoms with Gasteiger partial charge in [-0.3, -0.25) is 9.78 Å². The van der Waals surface area contributed by atoms with Crippen LogP contribution in [0.25, 0.3) is 11.3 Å². The van der Waals surface area contributed by atoms with Crippen LogP contribution in [0.1, 0.15) is 37.2 Å². The molecule has 0 spiro atoms. The fourth-order valence-electron chi connectivity index (χ4n) is 2.72. The van der Waals surface area contributed by atoms with Crippen molar-refractivity contribution in [3.63, 3.8) is 0 Å². The van der Waals surface area contributed by atoms with Gasteiger partial charge in [0.05, 0.1) is 17.9 Å². The van der Waals surface area contributed by atoms with E-state index in [9.17, 15) is 4.79 Å². The summed E-state index contributed by atoms with van der Waals surface area (Å²) in [5.74, 6) is 0.819. The second-order valence-electron chi connectivity index (χ2n) is 5.93. The molecule has 0 bridgehead atoms. The first kappa shape index (κ1) is 16.9. The van der Waals surface area contributed by atoms with E-state index in [1.54, 1.807) is 12.4 Å². The Bertz CT molecular complexity index is 799. The zero-order valence-corrected chi connectivity index (χ0v) is 14.3. The van der Waals surface area contributed by atoms with Crippen LogP contribution in [0.3, 0.4) is 0 Å². The zero-order chi connectivity index (χ0) is 17.5. The summed E-state index contributed by atoms with van der Waals surface area (Å²) in [6.07, 6.45) is 7.25. The molecular weight excluding hydrogens is 312 g/mol. The second kappa shape index (κ2) is 8.24. The highest BCUT2D eigenvalue weighted by Crippen LogP contribution is 2.20. The number of pyridine rings is 1. The molecule has 0 radical (unpaired) electrons. The number of carbonyl (C=O) groups excluding carboxylic acids is 1. The second-order valence-corrected chi connectivity index (χ2v) is 5.93. The van der Waals surface area contributed by atoms with Crippen LogP contribution in [-0.2, 0) is 11.2 Å². The van der Waals surface area contributed by atoms with Gasteiger partial charge < -0.3 is 10.3 Å². The number of rotatable bonds is 7. The van der Waals surface area contributed by atoms with Gasteiger partial charge in [0.25, 0.3) is 0 Å². The van der Waals surface area contributed by atoms with Gasteiger partial charge in [0.2, 0.25) is 5.91 Å². The van der Waals surface area contributed by atoms with E-state index in [0.717, 1.165) is 29.1 Å². The van der Waals surface area contributed by atoms with Gasteiger partial charge >= 0.3 is 0 Å². The van der Waals surface area contributed by atoms with Gasteiger partial charge in [-0.2, -0.15) is 0 Å². The van der Waals surface area contributed by atoms with Crippen molar-refractivity contribution in [3.05, 3.63) is 72.4 Å². The smallest absolute Gasteiger partial charge is 0.220 e. The van der Waals surface area contributed by atoms with E-state index in [1.165, 1.54) is 0 Å². The zero-order valence-electron chi connectivity index (χ0n) is 14.3. The van der Waals surface area contributed by atoms with Crippen LogP contribution < -0.4 is 5.32 Å². The Morgan fingerprint density at radius 1 is 1.16 bits per heavy atom. The van der Waals surface area contributed by atoms with Crippen molar-refractivity contribution >= 4 is 5.91 Å². The number of H-pyrrole nitrogens is 1. The minimum atomic E-state index is -0.109. The molecule has 0 aliphatic carbocycles. The van der Waals surface area contributed by atoms with E-state index >= 15 is 0 Å². The van der Waals surface area contributed by atoms with Crippen LogP contribution in [0.15, 0.2) is 61.1 Å². The SMILES string of the molecule is CCC(NC(=O)CCc1ccncc1)c1ncc(-c2ccccc2)[nH]1. The molecule has 2 N–H and O–H groups in total. The van der Waals surface area contributed by atoms with Crippen molar-refractivity contribution < 1.29 is 4.79 Å². The summed E-state index contributed by atoms with van der Waals surface area (Å²) < 4.78 is 0. The predicted molar refractivity (Wildman–Crippen MR) is 97.8 cm³/mol. The molecule has 1 aromatic carbocycles. The highest BCUT2D eigenvalue weighted by atomic mass is 16.1. The molecule has 2 aromatic heterocycles. The third-order valence-electron chi connectivity index (χ3n) is 4.14. The predicted octanol–water partition coefficient (Wildman–Crippen LogP) is 3.67. The van der Waals surface area contributed by atoms with Gasteiger partial charge in [-0.15, -0.1) is 0 Å². The molecule has 0 fully saturated rings. The normalized spacial score (nSPS) is 11.9. The molecule has 3 rings (SSSR count). The molecule has 3 aromatic rings. The van der Waals surface area contributed by atoms with E-state index in [2.05, 4.69) is 20.3 Å². The van der Waals surface area contributed by atoms with Crippen molar-refractivity contribution in [1.29, 1.82) is 0 Å². The minimum Gasteiger partial charge on any atom is -0.346 e. The lowest BCUT2D eigenvalue weighted by Gasteiger charge is -2.14. The fourth-order valence-corrected chi connectivity index (χ4v) is 2.72. The third-order valence-corrected chi connectivity index (χ3v) is 4.14. The number of imidazole rings is 1. The molecular formula is C20H22N4O. The molecule has 0 saturated heterocycles. The molecule has 5 heteroatoms. The van der Waals surface area contributed by atoms with Gasteiger partial charge in [0, 0.05) is 18.8 Å². The largest absolute Gasteiger partial charge is 0.346 e. The first-order valence-electron chi connectivity index (χ1n) is 8.55. The topological polar surface area (TPSA) is 70.7 Å². The molecule has 0 aliphatic rings. The van der Waals surface area contributed by atoms with E-state index in [4.69, 9.17) is 0 Å². The van der Waals surface area contributed by atoms with Gasteiger partial charge in [0.1, 0.15) is 5.82 Å². The highest BCUT2D eigenvalue weighted by molar-refractivity contribution is 5.76. The minimum absolute atomic E-state index is 0.0290.